The van der Waals surface area contributed by atoms with Crippen molar-refractivity contribution in [2.45, 2.75) is 18.4 Å². The van der Waals surface area contributed by atoms with Crippen molar-refractivity contribution >= 4 is 49.1 Å². The lowest BCUT2D eigenvalue weighted by molar-refractivity contribution is 0.601. The Morgan fingerprint density at radius 2 is 1.81 bits per heavy atom. The Kier molecular flexibility index (Phi) is 4.09. The number of rotatable bonds is 4. The van der Waals surface area contributed by atoms with Crippen LogP contribution in [0.4, 0.5) is 5.69 Å². The average Bonchev–Trinajstić information content (AvgIpc) is 2.95. The van der Waals surface area contributed by atoms with E-state index < -0.39 is 10.0 Å². The fourth-order valence-corrected chi connectivity index (χ4v) is 4.74. The summed E-state index contributed by atoms with van der Waals surface area (Å²) in [5, 5.41) is 2.04. The lowest BCUT2D eigenvalue weighted by Crippen LogP contribution is -2.13. The first kappa shape index (κ1) is 16.9. The summed E-state index contributed by atoms with van der Waals surface area (Å²) >= 11 is 5.94. The number of halogens is 1. The van der Waals surface area contributed by atoms with Crippen LogP contribution in [0.5, 0.6) is 0 Å². The SMILES string of the molecule is CCn1c2ccccc2c2cc(NS(=O)(=O)c3cccnc3Cl)ccc21. The number of fused-ring (bicyclic) bond motifs is 3. The molecule has 0 amide bonds. The van der Waals surface area contributed by atoms with Gasteiger partial charge in [0.05, 0.1) is 0 Å². The van der Waals surface area contributed by atoms with Gasteiger partial charge in [0.1, 0.15) is 10.0 Å². The van der Waals surface area contributed by atoms with Crippen LogP contribution in [0.3, 0.4) is 0 Å². The average molecular weight is 386 g/mol. The standard InChI is InChI=1S/C19H16ClN3O2S/c1-2-23-16-7-4-3-6-14(16)15-12-13(9-10-17(15)23)22-26(24,25)18-8-5-11-21-19(18)20/h3-12,22H,2H2,1H3. The number of nitrogens with one attached hydrogen (secondary N) is 1. The molecule has 0 unspecified atom stereocenters. The Hall–Kier alpha value is -2.57. The number of anilines is 1. The molecule has 0 aliphatic rings. The van der Waals surface area contributed by atoms with Gasteiger partial charge in [-0.2, -0.15) is 0 Å². The summed E-state index contributed by atoms with van der Waals surface area (Å²) in [6, 6.07) is 16.6. The van der Waals surface area contributed by atoms with Gasteiger partial charge in [-0.25, -0.2) is 13.4 Å². The van der Waals surface area contributed by atoms with E-state index in [1.165, 1.54) is 12.3 Å². The van der Waals surface area contributed by atoms with Gasteiger partial charge in [0.25, 0.3) is 10.0 Å². The van der Waals surface area contributed by atoms with E-state index in [1.54, 1.807) is 12.1 Å². The third-order valence-electron chi connectivity index (χ3n) is 4.36. The van der Waals surface area contributed by atoms with Crippen LogP contribution in [-0.2, 0) is 16.6 Å². The number of nitrogens with zero attached hydrogens (tertiary/aromatic N) is 2. The van der Waals surface area contributed by atoms with Crippen molar-refractivity contribution in [1.29, 1.82) is 0 Å². The minimum absolute atomic E-state index is 0.0437. The van der Waals surface area contributed by atoms with E-state index in [-0.39, 0.29) is 10.0 Å². The van der Waals surface area contributed by atoms with Crippen molar-refractivity contribution in [1.82, 2.24) is 9.55 Å². The summed E-state index contributed by atoms with van der Waals surface area (Å²) in [5.41, 5.74) is 2.67. The number of aromatic nitrogens is 2. The molecule has 0 aliphatic heterocycles. The summed E-state index contributed by atoms with van der Waals surface area (Å²) in [4.78, 5) is 3.79. The monoisotopic (exact) mass is 385 g/mol. The second-order valence-corrected chi connectivity index (χ2v) is 7.90. The van der Waals surface area contributed by atoms with Crippen molar-refractivity contribution in [2.24, 2.45) is 0 Å². The Morgan fingerprint density at radius 3 is 2.58 bits per heavy atom. The van der Waals surface area contributed by atoms with Crippen LogP contribution in [0.1, 0.15) is 6.92 Å². The number of sulfonamides is 1. The van der Waals surface area contributed by atoms with E-state index in [4.69, 9.17) is 11.6 Å². The molecule has 0 bridgehead atoms. The van der Waals surface area contributed by atoms with Gasteiger partial charge < -0.3 is 4.57 Å². The Balaban J connectivity index is 1.84. The summed E-state index contributed by atoms with van der Waals surface area (Å²) in [5.74, 6) is 0. The molecule has 0 atom stereocenters. The van der Waals surface area contributed by atoms with Gasteiger partial charge in [-0.1, -0.05) is 29.8 Å². The van der Waals surface area contributed by atoms with Crippen LogP contribution in [0.25, 0.3) is 21.8 Å². The van der Waals surface area contributed by atoms with Gasteiger partial charge in [0, 0.05) is 40.2 Å². The van der Waals surface area contributed by atoms with Crippen LogP contribution in [0.2, 0.25) is 5.15 Å². The zero-order valence-corrected chi connectivity index (χ0v) is 15.6. The molecule has 5 nitrogen and oxygen atoms in total. The lowest BCUT2D eigenvalue weighted by atomic mass is 10.1. The fraction of sp³-hybridized carbons (Fsp3) is 0.105. The van der Waals surface area contributed by atoms with Gasteiger partial charge >= 0.3 is 0 Å². The maximum absolute atomic E-state index is 12.6. The first-order valence-corrected chi connectivity index (χ1v) is 10.0. The molecule has 0 aliphatic carbocycles. The normalized spacial score (nSPS) is 11.9. The maximum atomic E-state index is 12.6. The van der Waals surface area contributed by atoms with Gasteiger partial charge in [-0.05, 0) is 43.3 Å². The topological polar surface area (TPSA) is 64.0 Å². The molecule has 26 heavy (non-hydrogen) atoms. The van der Waals surface area contributed by atoms with Gasteiger partial charge in [0.15, 0.2) is 0 Å². The summed E-state index contributed by atoms with van der Waals surface area (Å²) < 4.78 is 30.1. The molecule has 0 saturated carbocycles. The number of benzene rings is 2. The molecule has 2 aromatic carbocycles. The molecule has 7 heteroatoms. The van der Waals surface area contributed by atoms with Crippen LogP contribution in [0, 0.1) is 0 Å². The van der Waals surface area contributed by atoms with Crippen LogP contribution in [0.15, 0.2) is 65.7 Å². The second kappa shape index (κ2) is 6.30. The quantitative estimate of drug-likeness (QED) is 0.519. The predicted octanol–water partition coefficient (Wildman–Crippen LogP) is 4.66. The summed E-state index contributed by atoms with van der Waals surface area (Å²) in [6.45, 7) is 2.92. The minimum Gasteiger partial charge on any atom is -0.341 e. The van der Waals surface area contributed by atoms with Crippen LogP contribution < -0.4 is 4.72 Å². The molecular weight excluding hydrogens is 370 g/mol. The first-order chi connectivity index (χ1) is 12.5. The van der Waals surface area contributed by atoms with Crippen LogP contribution in [-0.4, -0.2) is 18.0 Å². The first-order valence-electron chi connectivity index (χ1n) is 8.15. The minimum atomic E-state index is -3.82. The Morgan fingerprint density at radius 1 is 1.04 bits per heavy atom. The van der Waals surface area contributed by atoms with E-state index >= 15 is 0 Å². The van der Waals surface area contributed by atoms with Crippen molar-refractivity contribution in [2.75, 3.05) is 4.72 Å². The van der Waals surface area contributed by atoms with Crippen molar-refractivity contribution in [3.05, 3.63) is 65.9 Å². The molecule has 2 aromatic heterocycles. The van der Waals surface area contributed by atoms with Gasteiger partial charge in [-0.3, -0.25) is 4.72 Å². The van der Waals surface area contributed by atoms with Crippen molar-refractivity contribution in [3.63, 3.8) is 0 Å². The summed E-state index contributed by atoms with van der Waals surface area (Å²) in [7, 11) is -3.82. The highest BCUT2D eigenvalue weighted by Gasteiger charge is 2.19. The molecule has 1 N–H and O–H groups in total. The van der Waals surface area contributed by atoms with Gasteiger partial charge in [-0.15, -0.1) is 0 Å². The van der Waals surface area contributed by atoms with Gasteiger partial charge in [0.2, 0.25) is 0 Å². The number of para-hydroxylation sites is 1. The van der Waals surface area contributed by atoms with E-state index in [0.717, 1.165) is 28.4 Å². The number of hydrogen-bond acceptors (Lipinski definition) is 3. The molecule has 4 aromatic rings. The highest BCUT2D eigenvalue weighted by molar-refractivity contribution is 7.92. The zero-order chi connectivity index (χ0) is 18.3. The Labute approximate surface area is 156 Å². The van der Waals surface area contributed by atoms with E-state index in [9.17, 15) is 8.42 Å². The van der Waals surface area contributed by atoms with E-state index in [1.807, 2.05) is 30.3 Å². The fourth-order valence-electron chi connectivity index (χ4n) is 3.24. The zero-order valence-electron chi connectivity index (χ0n) is 14.0. The molecule has 132 valence electrons. The Bertz CT molecular complexity index is 1230. The number of aryl methyl sites for hydroxylation is 1. The largest absolute Gasteiger partial charge is 0.341 e. The van der Waals surface area contributed by atoms with Crippen molar-refractivity contribution < 1.29 is 8.42 Å². The maximum Gasteiger partial charge on any atom is 0.264 e. The van der Waals surface area contributed by atoms with E-state index in [0.29, 0.717) is 5.69 Å². The summed E-state index contributed by atoms with van der Waals surface area (Å²) in [6.07, 6.45) is 1.45. The third-order valence-corrected chi connectivity index (χ3v) is 6.18. The molecule has 0 fully saturated rings. The highest BCUT2D eigenvalue weighted by Crippen LogP contribution is 2.32. The molecular formula is C19H16ClN3O2S. The molecule has 0 saturated heterocycles. The van der Waals surface area contributed by atoms with Crippen LogP contribution >= 0.6 is 11.6 Å². The smallest absolute Gasteiger partial charge is 0.264 e. The molecule has 0 radical (unpaired) electrons. The highest BCUT2D eigenvalue weighted by atomic mass is 35.5. The predicted molar refractivity (Wildman–Crippen MR) is 105 cm³/mol. The van der Waals surface area contributed by atoms with Crippen molar-refractivity contribution in [3.8, 4) is 0 Å². The number of hydrogen-bond donors (Lipinski definition) is 1. The second-order valence-electron chi connectivity index (χ2n) is 5.89. The molecule has 4 rings (SSSR count). The lowest BCUT2D eigenvalue weighted by Gasteiger charge is -2.09. The molecule has 2 heterocycles. The third kappa shape index (κ3) is 2.71. The number of pyridine rings is 1. The molecule has 0 spiro atoms. The van der Waals surface area contributed by atoms with E-state index in [2.05, 4.69) is 27.3 Å².